The Hall–Kier alpha value is -3.61. The number of anilines is 4. The number of amides is 1. The van der Waals surface area contributed by atoms with Crippen molar-refractivity contribution in [1.29, 1.82) is 0 Å². The molecule has 0 spiro atoms. The predicted molar refractivity (Wildman–Crippen MR) is 162 cm³/mol. The topological polar surface area (TPSA) is 134 Å². The molecule has 0 bridgehead atoms. The van der Waals surface area contributed by atoms with Gasteiger partial charge in [0.25, 0.3) is 0 Å². The zero-order valence-electron chi connectivity index (χ0n) is 23.5. The third kappa shape index (κ3) is 8.69. The van der Waals surface area contributed by atoms with Crippen molar-refractivity contribution in [3.05, 3.63) is 54.4 Å². The summed E-state index contributed by atoms with van der Waals surface area (Å²) >= 11 is 1.50. The van der Waals surface area contributed by atoms with Crippen LogP contribution >= 0.6 is 11.8 Å². The molecular formula is C29H39N9O2S. The second kappa shape index (κ2) is 13.8. The highest BCUT2D eigenvalue weighted by Gasteiger charge is 2.29. The van der Waals surface area contributed by atoms with Gasteiger partial charge in [-0.1, -0.05) is 13.0 Å². The third-order valence-electron chi connectivity index (χ3n) is 7.25. The Balaban J connectivity index is 1.21. The van der Waals surface area contributed by atoms with Crippen LogP contribution in [0.25, 0.3) is 0 Å². The normalized spacial score (nSPS) is 15.5. The van der Waals surface area contributed by atoms with E-state index in [1.165, 1.54) is 11.8 Å². The van der Waals surface area contributed by atoms with Crippen molar-refractivity contribution in [3.8, 4) is 0 Å². The lowest BCUT2D eigenvalue weighted by atomic mass is 10.1. The van der Waals surface area contributed by atoms with Crippen molar-refractivity contribution in [3.63, 3.8) is 0 Å². The van der Waals surface area contributed by atoms with Gasteiger partial charge in [-0.2, -0.15) is 5.10 Å². The molecule has 2 aromatic heterocycles. The van der Waals surface area contributed by atoms with E-state index < -0.39 is 0 Å². The number of aromatic amines is 1. The van der Waals surface area contributed by atoms with Crippen molar-refractivity contribution in [2.24, 2.45) is 5.92 Å². The van der Waals surface area contributed by atoms with Crippen LogP contribution in [0.15, 0.2) is 58.7 Å². The van der Waals surface area contributed by atoms with Crippen LogP contribution in [0.1, 0.15) is 44.2 Å². The van der Waals surface area contributed by atoms with Gasteiger partial charge in [0, 0.05) is 60.5 Å². The summed E-state index contributed by atoms with van der Waals surface area (Å²) in [5.74, 6) is 2.66. The molecular weight excluding hydrogens is 538 g/mol. The SMILES string of the molecule is C=C(CCCCCN1CCN(c2cc(Nc3cc(C)n[nH]3)nc(Sc3ccc(NC(=O)C4CC4)cc3)n2)CC1)NO. The fraction of sp³-hybridized carbons (Fsp3) is 0.448. The molecule has 1 saturated heterocycles. The Morgan fingerprint density at radius 1 is 1.10 bits per heavy atom. The van der Waals surface area contributed by atoms with Crippen LogP contribution in [0.5, 0.6) is 0 Å². The van der Waals surface area contributed by atoms with E-state index in [0.29, 0.717) is 16.7 Å². The van der Waals surface area contributed by atoms with Crippen LogP contribution < -0.4 is 21.0 Å². The molecule has 1 amide bonds. The Morgan fingerprint density at radius 3 is 2.56 bits per heavy atom. The zero-order valence-corrected chi connectivity index (χ0v) is 24.3. The molecule has 218 valence electrons. The van der Waals surface area contributed by atoms with E-state index in [2.05, 4.69) is 42.7 Å². The number of H-pyrrole nitrogens is 1. The Kier molecular flexibility index (Phi) is 9.75. The van der Waals surface area contributed by atoms with Crippen LogP contribution in [0, 0.1) is 12.8 Å². The fourth-order valence-electron chi connectivity index (χ4n) is 4.72. The predicted octanol–water partition coefficient (Wildman–Crippen LogP) is 4.93. The first kappa shape index (κ1) is 28.9. The standard InChI is InChI=1S/C29H39N9O2S/c1-20(36-40)6-4-3-5-13-37-14-16-38(17-15-37)27-19-25(31-26-18-21(2)34-35-26)32-29(33-27)41-24-11-9-23(10-12-24)30-28(39)22-7-8-22/h9-12,18-19,22,36,40H,1,3-8,13-17H2,2H3,(H,30,39)(H2,31,32,33,34,35). The van der Waals surface area contributed by atoms with E-state index in [0.717, 1.165) is 99.2 Å². The maximum absolute atomic E-state index is 12.1. The van der Waals surface area contributed by atoms with Crippen LogP contribution in [0.3, 0.4) is 0 Å². The Morgan fingerprint density at radius 2 is 1.88 bits per heavy atom. The highest BCUT2D eigenvalue weighted by molar-refractivity contribution is 7.99. The molecule has 0 atom stereocenters. The number of aryl methyl sites for hydroxylation is 1. The minimum Gasteiger partial charge on any atom is -0.354 e. The van der Waals surface area contributed by atoms with Crippen molar-refractivity contribution in [2.45, 2.75) is 55.5 Å². The maximum Gasteiger partial charge on any atom is 0.227 e. The van der Waals surface area contributed by atoms with Crippen molar-refractivity contribution >= 4 is 40.8 Å². The smallest absolute Gasteiger partial charge is 0.227 e. The number of rotatable bonds is 14. The van der Waals surface area contributed by atoms with Gasteiger partial charge in [-0.15, -0.1) is 0 Å². The van der Waals surface area contributed by atoms with Crippen LogP contribution in [0.2, 0.25) is 0 Å². The third-order valence-corrected chi connectivity index (χ3v) is 8.12. The van der Waals surface area contributed by atoms with Gasteiger partial charge in [-0.05, 0) is 81.6 Å². The number of nitrogens with one attached hydrogen (secondary N) is 4. The molecule has 3 heterocycles. The number of allylic oxidation sites excluding steroid dienone is 1. The van der Waals surface area contributed by atoms with Gasteiger partial charge in [0.1, 0.15) is 17.5 Å². The van der Waals surface area contributed by atoms with Gasteiger partial charge in [0.2, 0.25) is 5.91 Å². The second-order valence-corrected chi connectivity index (χ2v) is 11.7. The summed E-state index contributed by atoms with van der Waals surface area (Å²) in [5.41, 5.74) is 4.51. The van der Waals surface area contributed by atoms with E-state index in [1.54, 1.807) is 0 Å². The van der Waals surface area contributed by atoms with Crippen LogP contribution in [-0.2, 0) is 4.79 Å². The van der Waals surface area contributed by atoms with Gasteiger partial charge < -0.3 is 15.5 Å². The number of hydrogen-bond acceptors (Lipinski definition) is 10. The van der Waals surface area contributed by atoms with Crippen LogP contribution in [-0.4, -0.2) is 68.9 Å². The molecule has 3 aromatic rings. The fourth-order valence-corrected chi connectivity index (χ4v) is 5.48. The lowest BCUT2D eigenvalue weighted by Gasteiger charge is -2.35. The lowest BCUT2D eigenvalue weighted by molar-refractivity contribution is -0.117. The molecule has 0 radical (unpaired) electrons. The molecule has 1 saturated carbocycles. The van der Waals surface area contributed by atoms with Gasteiger partial charge in [-0.25, -0.2) is 9.97 Å². The highest BCUT2D eigenvalue weighted by Crippen LogP contribution is 2.32. The highest BCUT2D eigenvalue weighted by atomic mass is 32.2. The van der Waals surface area contributed by atoms with Crippen molar-refractivity contribution in [1.82, 2.24) is 30.5 Å². The minimum atomic E-state index is 0.105. The largest absolute Gasteiger partial charge is 0.354 e. The monoisotopic (exact) mass is 577 g/mol. The number of piperazine rings is 1. The van der Waals surface area contributed by atoms with Gasteiger partial charge in [0.05, 0.1) is 5.69 Å². The first-order valence-electron chi connectivity index (χ1n) is 14.3. The second-order valence-electron chi connectivity index (χ2n) is 10.7. The first-order chi connectivity index (χ1) is 19.9. The molecule has 0 unspecified atom stereocenters. The molecule has 2 aliphatic rings. The number of nitrogens with zero attached hydrogens (tertiary/aromatic N) is 5. The first-order valence-corrected chi connectivity index (χ1v) is 15.1. The van der Waals surface area contributed by atoms with Crippen LogP contribution in [0.4, 0.5) is 23.1 Å². The molecule has 41 heavy (non-hydrogen) atoms. The molecule has 1 aromatic carbocycles. The maximum atomic E-state index is 12.1. The molecule has 5 rings (SSSR count). The van der Waals surface area contributed by atoms with Gasteiger partial charge in [-0.3, -0.25) is 25.5 Å². The molecule has 5 N–H and O–H groups in total. The zero-order chi connectivity index (χ0) is 28.6. The van der Waals surface area contributed by atoms with E-state index in [-0.39, 0.29) is 11.8 Å². The quantitative estimate of drug-likeness (QED) is 0.102. The Bertz CT molecular complexity index is 1320. The average molecular weight is 578 g/mol. The van der Waals surface area contributed by atoms with Crippen molar-refractivity contribution in [2.75, 3.05) is 48.3 Å². The molecule has 2 fully saturated rings. The molecule has 11 nitrogen and oxygen atoms in total. The van der Waals surface area contributed by atoms with E-state index in [4.69, 9.17) is 15.2 Å². The number of benzene rings is 1. The van der Waals surface area contributed by atoms with E-state index in [1.807, 2.05) is 43.3 Å². The summed E-state index contributed by atoms with van der Waals surface area (Å²) in [7, 11) is 0. The molecule has 1 aliphatic heterocycles. The minimum absolute atomic E-state index is 0.105. The Labute approximate surface area is 245 Å². The van der Waals surface area contributed by atoms with Crippen molar-refractivity contribution < 1.29 is 10.0 Å². The average Bonchev–Trinajstić information content (AvgIpc) is 3.76. The van der Waals surface area contributed by atoms with Gasteiger partial charge in [0.15, 0.2) is 5.16 Å². The molecule has 1 aliphatic carbocycles. The number of hydrogen-bond donors (Lipinski definition) is 5. The number of aromatic nitrogens is 4. The number of carbonyl (C=O) groups excluding carboxylic acids is 1. The van der Waals surface area contributed by atoms with E-state index in [9.17, 15) is 4.79 Å². The molecule has 12 heteroatoms. The number of unbranched alkanes of at least 4 members (excludes halogenated alkanes) is 2. The number of hydroxylamine groups is 1. The summed E-state index contributed by atoms with van der Waals surface area (Å²) < 4.78 is 0. The summed E-state index contributed by atoms with van der Waals surface area (Å²) in [6.45, 7) is 10.5. The van der Waals surface area contributed by atoms with Gasteiger partial charge >= 0.3 is 0 Å². The lowest BCUT2D eigenvalue weighted by Crippen LogP contribution is -2.47. The number of carbonyl (C=O) groups is 1. The summed E-state index contributed by atoms with van der Waals surface area (Å²) in [4.78, 5) is 27.6. The summed E-state index contributed by atoms with van der Waals surface area (Å²) in [5, 5.41) is 23.1. The summed E-state index contributed by atoms with van der Waals surface area (Å²) in [6.07, 6.45) is 6.04. The van der Waals surface area contributed by atoms with E-state index >= 15 is 0 Å². The summed E-state index contributed by atoms with van der Waals surface area (Å²) in [6, 6.07) is 11.8.